The number of likely N-dealkylation sites (tertiary alicyclic amines) is 3. The van der Waals surface area contributed by atoms with E-state index in [1.807, 2.05) is 133 Å². The van der Waals surface area contributed by atoms with Crippen LogP contribution in [0.1, 0.15) is 259 Å². The van der Waals surface area contributed by atoms with Crippen LogP contribution in [-0.2, 0) is 95.3 Å². The molecule has 8 N–H and O–H groups in total. The molecule has 0 bridgehead atoms. The van der Waals surface area contributed by atoms with Gasteiger partial charge in [-0.3, -0.25) is 43.2 Å². The maximum atomic E-state index is 12.9. The number of ketones is 1. The highest BCUT2D eigenvalue weighted by Gasteiger charge is 2.43. The maximum absolute atomic E-state index is 12.9. The quantitative estimate of drug-likeness (QED) is 0.0133. The minimum Gasteiger partial charge on any atom is -0.468 e. The topological polar surface area (TPSA) is 450 Å². The molecule has 3 heterocycles. The van der Waals surface area contributed by atoms with Crippen LogP contribution in [0.2, 0.25) is 0 Å². The molecule has 722 valence electrons. The van der Waals surface area contributed by atoms with Crippen molar-refractivity contribution in [1.82, 2.24) is 36.0 Å². The predicted octanol–water partition coefficient (Wildman–Crippen LogP) is 13.7. The third-order valence-electron chi connectivity index (χ3n) is 20.8. The van der Waals surface area contributed by atoms with Crippen LogP contribution in [0.4, 0.5) is 24.0 Å². The standard InChI is InChI=1S/C32H49N3O9.C27H41N3O7.C22H32N2O6.C11H21NO3.2ClH/c1-22(2)27(34-30(39)44-32(3,4)5)28(37)33-19-13-8-11-18-25(36)42-21-43-31(40)35-20-14-12-17-24(35)26(29(38)41-6)23-15-9-7-10-16-23;1-19(2)24(28)25(32)29-16-10-5-8-15-22(31)36-18-37-27(34)30-17-11-9-14-21(30)23(26(33)35-3)20-12-6-4-7-13-20;1-28-21(26)20(17-10-4-2-5-11-17)18-12-7-9-15-24(18)22(27)30-16-29-19(25)13-6-3-8-14-23;1-7(2)9(8(3)13)12-10(14)15-11(4,5)6;;/h7,9-10,15-16,22,24,26-27H,8,11-14,17-21H2,1-6H3,(H,33,37)(H,34,39);4,6-7,12-13,19,21,23-24H,5,8-11,14-18,28H2,1-3H3,(H,29,32);2,4-5,10-11,18,20H,3,6-9,12-16,23H2,1H3;7,9H,1-6H3,(H,12,14);2*1H/t;;;9-;;/m...0../s1. The number of ether oxygens (including phenoxy) is 11. The van der Waals surface area contributed by atoms with E-state index in [1.165, 1.54) is 38.1 Å². The first kappa shape index (κ1) is 116. The number of carbonyl (C=O) groups excluding carboxylic acids is 14. The van der Waals surface area contributed by atoms with Crippen molar-refractivity contribution in [1.29, 1.82) is 0 Å². The van der Waals surface area contributed by atoms with E-state index in [9.17, 15) is 67.1 Å². The first-order valence-corrected chi connectivity index (χ1v) is 44.0. The van der Waals surface area contributed by atoms with Crippen LogP contribution in [-0.4, -0.2) is 227 Å². The van der Waals surface area contributed by atoms with Crippen LogP contribution in [0.25, 0.3) is 0 Å². The second kappa shape index (κ2) is 63.0. The lowest BCUT2D eigenvalue weighted by Crippen LogP contribution is -2.51. The summed E-state index contributed by atoms with van der Waals surface area (Å²) in [6.07, 6.45) is 10.7. The Bertz CT molecular complexity index is 3820. The van der Waals surface area contributed by atoms with Crippen LogP contribution in [0.3, 0.4) is 0 Å². The highest BCUT2D eigenvalue weighted by atomic mass is 35.5. The van der Waals surface area contributed by atoms with Crippen molar-refractivity contribution in [3.05, 3.63) is 108 Å². The molecule has 3 aliphatic rings. The van der Waals surface area contributed by atoms with E-state index < -0.39 is 146 Å². The SMILES string of the molecule is CC(=O)[C@@H](NC(=O)OC(C)(C)C)C(C)C.COC(=O)C(c1ccccc1)C1CCCCN1C(=O)OCOC(=O)CCCCCN.COC(=O)C(c1ccccc1)C1CCCCN1C(=O)OCOC(=O)CCCCCNC(=O)C(N)C(C)C.COC(=O)C(c1ccccc1)C1CCCCN1C(=O)OCOC(=O)CCCCCNC(=O)C(NC(=O)OC(C)(C)C)C(C)C.Cl.Cl. The van der Waals surface area contributed by atoms with Crippen LogP contribution < -0.4 is 32.7 Å². The van der Waals surface area contributed by atoms with Crippen molar-refractivity contribution in [3.63, 3.8) is 0 Å². The number of unbranched alkanes of at least 4 members (excludes halogenated alkanes) is 6. The van der Waals surface area contributed by atoms with E-state index in [0.717, 1.165) is 80.9 Å². The zero-order valence-corrected chi connectivity index (χ0v) is 79.5. The van der Waals surface area contributed by atoms with Crippen molar-refractivity contribution in [2.75, 3.05) is 81.0 Å². The summed E-state index contributed by atoms with van der Waals surface area (Å²) in [5.74, 6) is -5.03. The molecule has 0 spiro atoms. The largest absolute Gasteiger partial charge is 0.468 e. The van der Waals surface area contributed by atoms with Crippen molar-refractivity contribution in [3.8, 4) is 0 Å². The number of nitrogens with one attached hydrogen (secondary N) is 4. The third-order valence-corrected chi connectivity index (χ3v) is 20.8. The number of nitrogens with zero attached hydrogens (tertiary/aromatic N) is 3. The minimum atomic E-state index is -0.729. The fourth-order valence-corrected chi connectivity index (χ4v) is 14.2. The number of halogens is 2. The number of hydrogen-bond donors (Lipinski definition) is 6. The van der Waals surface area contributed by atoms with Gasteiger partial charge in [0.25, 0.3) is 0 Å². The normalized spacial score (nSPS) is 16.1. The molecule has 34 nitrogen and oxygen atoms in total. The summed E-state index contributed by atoms with van der Waals surface area (Å²) < 4.78 is 56.3. The van der Waals surface area contributed by atoms with Gasteiger partial charge in [-0.25, -0.2) is 24.0 Å². The summed E-state index contributed by atoms with van der Waals surface area (Å²) in [4.78, 5) is 176. The summed E-state index contributed by atoms with van der Waals surface area (Å²) in [5.41, 5.74) is 12.3. The molecule has 8 unspecified atom stereocenters. The number of benzene rings is 3. The Morgan fingerprint density at radius 3 is 0.969 bits per heavy atom. The first-order valence-electron chi connectivity index (χ1n) is 44.0. The molecule has 3 saturated heterocycles. The maximum Gasteiger partial charge on any atom is 0.412 e. The first-order chi connectivity index (χ1) is 59.8. The van der Waals surface area contributed by atoms with Gasteiger partial charge in [0, 0.05) is 52.0 Å². The monoisotopic (exact) mass is 1850 g/mol. The second-order valence-corrected chi connectivity index (χ2v) is 34.1. The van der Waals surface area contributed by atoms with Crippen molar-refractivity contribution in [2.24, 2.45) is 29.2 Å². The van der Waals surface area contributed by atoms with Gasteiger partial charge in [-0.05, 0) is 186 Å². The molecule has 9 atom stereocenters. The lowest BCUT2D eigenvalue weighted by atomic mass is 9.85. The van der Waals surface area contributed by atoms with E-state index in [2.05, 4.69) is 21.3 Å². The summed E-state index contributed by atoms with van der Waals surface area (Å²) in [6.45, 7) is 24.6. The zero-order valence-electron chi connectivity index (χ0n) is 77.8. The molecule has 128 heavy (non-hydrogen) atoms. The summed E-state index contributed by atoms with van der Waals surface area (Å²) >= 11 is 0. The molecule has 6 rings (SSSR count). The molecular formula is C92H145Cl2N9O25. The zero-order chi connectivity index (χ0) is 93.9. The van der Waals surface area contributed by atoms with E-state index >= 15 is 0 Å². The molecule has 0 radical (unpaired) electrons. The van der Waals surface area contributed by atoms with Crippen molar-refractivity contribution < 1.29 is 119 Å². The van der Waals surface area contributed by atoms with Crippen molar-refractivity contribution >= 4 is 109 Å². The number of esters is 6. The van der Waals surface area contributed by atoms with Gasteiger partial charge < -0.3 is 99.5 Å². The van der Waals surface area contributed by atoms with Gasteiger partial charge in [0.2, 0.25) is 32.2 Å². The minimum absolute atomic E-state index is 0. The Hall–Kier alpha value is -10.1. The summed E-state index contributed by atoms with van der Waals surface area (Å²) in [5, 5.41) is 10.8. The van der Waals surface area contributed by atoms with E-state index in [1.54, 1.807) is 46.4 Å². The average Bonchev–Trinajstić information content (AvgIpc) is 0.812. The van der Waals surface area contributed by atoms with Gasteiger partial charge in [-0.2, -0.15) is 0 Å². The van der Waals surface area contributed by atoms with Gasteiger partial charge >= 0.3 is 66.3 Å². The molecule has 0 aromatic heterocycles. The smallest absolute Gasteiger partial charge is 0.412 e. The van der Waals surface area contributed by atoms with Gasteiger partial charge in [0.1, 0.15) is 35.0 Å². The van der Waals surface area contributed by atoms with Crippen LogP contribution in [0, 0.1) is 17.8 Å². The third kappa shape index (κ3) is 44.8. The number of Topliss-reactive ketones (excluding diaryl/α,β-unsaturated/α-hetero) is 1. The summed E-state index contributed by atoms with van der Waals surface area (Å²) in [6, 6.07) is 24.7. The Balaban J connectivity index is 0.000000892. The van der Waals surface area contributed by atoms with Gasteiger partial charge in [0.15, 0.2) is 5.78 Å². The number of piperidine rings is 3. The number of amides is 7. The highest BCUT2D eigenvalue weighted by Crippen LogP contribution is 2.36. The van der Waals surface area contributed by atoms with Gasteiger partial charge in [0.05, 0.1) is 51.5 Å². The molecule has 7 amide bonds. The van der Waals surface area contributed by atoms with E-state index in [-0.39, 0.29) is 85.5 Å². The molecule has 3 aromatic carbocycles. The number of alkyl carbamates (subject to hydrolysis) is 2. The van der Waals surface area contributed by atoms with E-state index in [4.69, 9.17) is 63.6 Å². The Morgan fingerprint density at radius 2 is 0.695 bits per heavy atom. The Morgan fingerprint density at radius 1 is 0.398 bits per heavy atom. The molecule has 3 fully saturated rings. The van der Waals surface area contributed by atoms with Crippen LogP contribution in [0.15, 0.2) is 91.0 Å². The Kier molecular flexibility index (Phi) is 57.1. The Labute approximate surface area is 768 Å². The molecular weight excluding hydrogens is 1700 g/mol. The molecule has 0 aliphatic carbocycles. The number of hydrogen-bond acceptors (Lipinski definition) is 27. The number of methoxy groups -OCH3 is 3. The number of nitrogens with two attached hydrogens (primary N) is 2. The lowest BCUT2D eigenvalue weighted by Gasteiger charge is -2.38. The molecule has 3 aliphatic heterocycles. The summed E-state index contributed by atoms with van der Waals surface area (Å²) in [7, 11) is 4.01. The average molecular weight is 1850 g/mol. The molecule has 3 aromatic rings. The highest BCUT2D eigenvalue weighted by molar-refractivity contribution is 5.88. The van der Waals surface area contributed by atoms with Crippen molar-refractivity contribution in [2.45, 2.75) is 290 Å². The molecule has 0 saturated carbocycles. The second-order valence-electron chi connectivity index (χ2n) is 34.1. The lowest BCUT2D eigenvalue weighted by molar-refractivity contribution is -0.154. The number of carbonyl (C=O) groups is 14. The van der Waals surface area contributed by atoms with E-state index in [0.29, 0.717) is 90.6 Å². The van der Waals surface area contributed by atoms with Gasteiger partial charge in [-0.1, -0.05) is 152 Å². The predicted molar refractivity (Wildman–Crippen MR) is 483 cm³/mol. The van der Waals surface area contributed by atoms with Crippen LogP contribution >= 0.6 is 24.8 Å². The van der Waals surface area contributed by atoms with Crippen LogP contribution in [0.5, 0.6) is 0 Å². The molecule has 36 heteroatoms. The number of rotatable bonds is 40. The van der Waals surface area contributed by atoms with Gasteiger partial charge in [-0.15, -0.1) is 24.8 Å². The fraction of sp³-hybridized carbons (Fsp3) is 0.652. The fourth-order valence-electron chi connectivity index (χ4n) is 14.2.